The van der Waals surface area contributed by atoms with Gasteiger partial charge in [0.05, 0.1) is 17.4 Å². The molecule has 1 spiro atoms. The van der Waals surface area contributed by atoms with Gasteiger partial charge in [-0.15, -0.1) is 0 Å². The minimum absolute atomic E-state index is 0.0426. The zero-order valence-electron chi connectivity index (χ0n) is 24.0. The van der Waals surface area contributed by atoms with Gasteiger partial charge in [-0.05, 0) is 79.1 Å². The second kappa shape index (κ2) is 7.20. The van der Waals surface area contributed by atoms with Crippen LogP contribution < -0.4 is 0 Å². The van der Waals surface area contributed by atoms with Gasteiger partial charge in [-0.1, -0.05) is 60.1 Å². The van der Waals surface area contributed by atoms with Crippen molar-refractivity contribution in [3.63, 3.8) is 0 Å². The van der Waals surface area contributed by atoms with Gasteiger partial charge in [-0.3, -0.25) is 14.4 Å². The molecule has 0 saturated heterocycles. The molecule has 7 atom stereocenters. The van der Waals surface area contributed by atoms with Crippen molar-refractivity contribution < 1.29 is 19.1 Å². The molecule has 38 heavy (non-hydrogen) atoms. The van der Waals surface area contributed by atoms with Crippen LogP contribution in [0.3, 0.4) is 0 Å². The summed E-state index contributed by atoms with van der Waals surface area (Å²) < 4.78 is 12.5. The number of allylic oxidation sites excluding steroid dienone is 3. The molecule has 206 valence electrons. The summed E-state index contributed by atoms with van der Waals surface area (Å²) in [5.41, 5.74) is 0.592. The first-order valence-corrected chi connectivity index (χ1v) is 16.2. The first-order chi connectivity index (χ1) is 17.3. The van der Waals surface area contributed by atoms with Crippen molar-refractivity contribution in [2.24, 2.45) is 49.3 Å². The summed E-state index contributed by atoms with van der Waals surface area (Å²) in [4.78, 5) is 39.0. The maximum Gasteiger partial charge on any atom is 0.326 e. The lowest BCUT2D eigenvalue weighted by atomic mass is 9.34. The Morgan fingerprint density at radius 3 is 2.32 bits per heavy atom. The number of fused-ring (bicyclic) bond motifs is 5. The van der Waals surface area contributed by atoms with Gasteiger partial charge in [0.25, 0.3) is 0 Å². The average Bonchev–Trinajstić information content (AvgIpc) is 3.52. The van der Waals surface area contributed by atoms with E-state index in [9.17, 15) is 24.4 Å². The number of hydrogen-bond donors (Lipinski definition) is 2. The monoisotopic (exact) mass is 538 g/mol. The fourth-order valence-corrected chi connectivity index (χ4v) is 12.2. The van der Waals surface area contributed by atoms with Crippen LogP contribution in [-0.2, 0) is 9.36 Å². The molecule has 1 heterocycles. The van der Waals surface area contributed by atoms with Crippen LogP contribution >= 0.6 is 7.60 Å². The summed E-state index contributed by atoms with van der Waals surface area (Å²) in [5.74, 6) is 0.173. The molecular formula is C31H43N2O4P. The molecule has 0 amide bonds. The maximum atomic E-state index is 13.2. The minimum atomic E-state index is -4.20. The molecule has 0 radical (unpaired) electrons. The van der Waals surface area contributed by atoms with Crippen LogP contribution in [0.5, 0.6) is 0 Å². The Morgan fingerprint density at radius 1 is 1.03 bits per heavy atom. The van der Waals surface area contributed by atoms with Gasteiger partial charge in [0.15, 0.2) is 5.78 Å². The summed E-state index contributed by atoms with van der Waals surface area (Å²) in [6.45, 7) is 15.6. The third-order valence-corrected chi connectivity index (χ3v) is 14.1. The molecule has 5 aliphatic carbocycles. The Kier molecular flexibility index (Phi) is 5.06. The number of nitriles is 1. The second-order valence-electron chi connectivity index (χ2n) is 15.7. The number of rotatable bonds is 2. The van der Waals surface area contributed by atoms with E-state index in [1.165, 1.54) is 5.57 Å². The average molecular weight is 539 g/mol. The highest BCUT2D eigenvalue weighted by Crippen LogP contribution is 2.80. The summed E-state index contributed by atoms with van der Waals surface area (Å²) in [6, 6.07) is 2.21. The smallest absolute Gasteiger partial charge is 0.324 e. The number of nitrogens with zero attached hydrogens (tertiary/aromatic N) is 2. The number of hydrogen-bond acceptors (Lipinski definition) is 4. The zero-order valence-corrected chi connectivity index (χ0v) is 24.9. The molecule has 3 fully saturated rings. The number of Topliss-reactive ketones (excluding diaryl/α,β-unsaturated/α-hetero) is 1. The Balaban J connectivity index is 1.53. The number of ketones is 1. The Bertz CT molecular complexity index is 1350. The predicted molar refractivity (Wildman–Crippen MR) is 147 cm³/mol. The summed E-state index contributed by atoms with van der Waals surface area (Å²) >= 11 is 0. The molecule has 7 heteroatoms. The van der Waals surface area contributed by atoms with Gasteiger partial charge in [0, 0.05) is 16.2 Å². The molecule has 0 aromatic heterocycles. The van der Waals surface area contributed by atoms with Gasteiger partial charge >= 0.3 is 7.60 Å². The number of aliphatic imine (C=N–C) groups is 1. The van der Waals surface area contributed by atoms with Gasteiger partial charge in [0.1, 0.15) is 11.6 Å². The van der Waals surface area contributed by atoms with Crippen LogP contribution in [0.4, 0.5) is 0 Å². The highest BCUT2D eigenvalue weighted by molar-refractivity contribution is 7.51. The van der Waals surface area contributed by atoms with Crippen LogP contribution in [0.1, 0.15) is 93.4 Å². The van der Waals surface area contributed by atoms with Gasteiger partial charge in [-0.2, -0.15) is 5.26 Å². The SMILES string of the molecule is CC1(C)CC[C@]2(CP(=O)(O)O)CC[C@@]3(C)[C@]4(C)CC[C@H]5C(C)(C)C(=O)C(C#N)=C[C@]5(C)C4=CC4=N[C@]43C2C1. The molecule has 3 saturated carbocycles. The highest BCUT2D eigenvalue weighted by Gasteiger charge is 2.79. The van der Waals surface area contributed by atoms with Crippen LogP contribution in [0.15, 0.2) is 28.3 Å². The van der Waals surface area contributed by atoms with E-state index in [-0.39, 0.29) is 51.1 Å². The van der Waals surface area contributed by atoms with Crippen LogP contribution in [0.2, 0.25) is 0 Å². The van der Waals surface area contributed by atoms with Crippen molar-refractivity contribution in [2.45, 2.75) is 99.0 Å². The molecule has 1 aliphatic heterocycles. The van der Waals surface area contributed by atoms with E-state index in [1.54, 1.807) is 0 Å². The van der Waals surface area contributed by atoms with Crippen LogP contribution in [0, 0.1) is 55.7 Å². The third-order valence-electron chi connectivity index (χ3n) is 13.0. The summed E-state index contributed by atoms with van der Waals surface area (Å²) in [5, 5.41) is 9.91. The Labute approximate surface area is 227 Å². The van der Waals surface area contributed by atoms with E-state index in [0.717, 1.165) is 50.7 Å². The first-order valence-electron chi connectivity index (χ1n) is 14.4. The largest absolute Gasteiger partial charge is 0.326 e. The van der Waals surface area contributed by atoms with Crippen LogP contribution in [0.25, 0.3) is 0 Å². The lowest BCUT2D eigenvalue weighted by Crippen LogP contribution is -2.68. The van der Waals surface area contributed by atoms with E-state index in [4.69, 9.17) is 4.99 Å². The van der Waals surface area contributed by atoms with Crippen molar-refractivity contribution in [3.05, 3.63) is 23.3 Å². The van der Waals surface area contributed by atoms with Gasteiger partial charge in [0.2, 0.25) is 0 Å². The fourth-order valence-electron chi connectivity index (χ4n) is 10.9. The standard InChI is InChI=1S/C31H43N2O4P/c1-25(2)10-12-30(18-38(35,36)37)13-11-29(7)28(6)9-8-20-26(3,4)24(34)19(17-32)15-27(20,5)21(28)14-23-31(29,33-23)22(30)16-25/h14-15,20,22H,8-13,16,18H2,1-7H3,(H2,35,36,37)/t20-,22?,27-,28+,29-,30+,31+/m0/s1. The van der Waals surface area contributed by atoms with Gasteiger partial charge < -0.3 is 9.79 Å². The molecule has 6 nitrogen and oxygen atoms in total. The summed E-state index contributed by atoms with van der Waals surface area (Å²) in [6.07, 6.45) is 10.5. The van der Waals surface area contributed by atoms with Crippen LogP contribution in [-0.4, -0.2) is 33.0 Å². The molecule has 1 unspecified atom stereocenters. The molecule has 6 rings (SSSR count). The normalized spacial score (nSPS) is 48.0. The van der Waals surface area contributed by atoms with Crippen molar-refractivity contribution >= 4 is 19.1 Å². The molecular weight excluding hydrogens is 495 g/mol. The van der Waals surface area contributed by atoms with E-state index in [1.807, 2.05) is 19.9 Å². The number of carbonyl (C=O) groups excluding carboxylic acids is 1. The van der Waals surface area contributed by atoms with Crippen molar-refractivity contribution in [1.82, 2.24) is 0 Å². The Morgan fingerprint density at radius 2 is 1.68 bits per heavy atom. The lowest BCUT2D eigenvalue weighted by Gasteiger charge is -2.69. The van der Waals surface area contributed by atoms with E-state index >= 15 is 0 Å². The van der Waals surface area contributed by atoms with E-state index in [0.29, 0.717) is 0 Å². The zero-order chi connectivity index (χ0) is 27.9. The van der Waals surface area contributed by atoms with Gasteiger partial charge in [-0.25, -0.2) is 0 Å². The molecule has 0 aromatic rings. The molecule has 0 aromatic carbocycles. The predicted octanol–water partition coefficient (Wildman–Crippen LogP) is 6.39. The topological polar surface area (TPSA) is 111 Å². The maximum absolute atomic E-state index is 13.2. The number of carbonyl (C=O) groups is 1. The highest BCUT2D eigenvalue weighted by atomic mass is 31.2. The molecule has 2 N–H and O–H groups in total. The van der Waals surface area contributed by atoms with E-state index < -0.39 is 23.8 Å². The van der Waals surface area contributed by atoms with Crippen molar-refractivity contribution in [1.29, 1.82) is 5.26 Å². The minimum Gasteiger partial charge on any atom is -0.324 e. The van der Waals surface area contributed by atoms with E-state index in [2.05, 4.69) is 46.8 Å². The fraction of sp³-hybridized carbons (Fsp3) is 0.774. The summed E-state index contributed by atoms with van der Waals surface area (Å²) in [7, 11) is -4.20. The molecule has 0 bridgehead atoms. The van der Waals surface area contributed by atoms with Crippen molar-refractivity contribution in [2.75, 3.05) is 6.16 Å². The van der Waals surface area contributed by atoms with Crippen molar-refractivity contribution in [3.8, 4) is 6.07 Å². The Hall–Kier alpha value is -1.54. The first kappa shape index (κ1) is 26.7. The lowest BCUT2D eigenvalue weighted by molar-refractivity contribution is -0.139. The second-order valence-corrected chi connectivity index (χ2v) is 17.3. The third kappa shape index (κ3) is 3.00. The quantitative estimate of drug-likeness (QED) is 0.396. The molecule has 6 aliphatic rings.